The monoisotopic (exact) mass is 260 g/mol. The Morgan fingerprint density at radius 2 is 1.83 bits per heavy atom. The van der Waals surface area contributed by atoms with Crippen molar-refractivity contribution < 1.29 is 14.3 Å². The number of amides is 1. The van der Waals surface area contributed by atoms with Gasteiger partial charge in [0, 0.05) is 25.2 Å². The number of hydrogen-bond donors (Lipinski definition) is 2. The highest BCUT2D eigenvalue weighted by atomic mass is 16.6. The number of carbonyl (C=O) groups excluding carboxylic acids is 1. The Morgan fingerprint density at radius 1 is 1.22 bits per heavy atom. The molecule has 0 aliphatic carbocycles. The van der Waals surface area contributed by atoms with E-state index in [2.05, 4.69) is 10.6 Å². The molecule has 0 aromatic carbocycles. The zero-order valence-electron chi connectivity index (χ0n) is 12.5. The van der Waals surface area contributed by atoms with Crippen LogP contribution in [0.25, 0.3) is 0 Å². The standard InChI is InChI=1S/C13H28N2O3/c1-7-17-9-8-14-10(2)11(3)15-12(16)18-13(4,5)6/h10-11,14H,7-9H2,1-6H3,(H,15,16)/t10-,11+/m1/s1. The van der Waals surface area contributed by atoms with E-state index in [0.717, 1.165) is 13.2 Å². The predicted molar refractivity (Wildman–Crippen MR) is 72.8 cm³/mol. The van der Waals surface area contributed by atoms with Crippen LogP contribution >= 0.6 is 0 Å². The Hall–Kier alpha value is -0.810. The van der Waals surface area contributed by atoms with Crippen molar-refractivity contribution in [1.82, 2.24) is 10.6 Å². The molecule has 2 atom stereocenters. The zero-order valence-corrected chi connectivity index (χ0v) is 12.5. The average molecular weight is 260 g/mol. The van der Waals surface area contributed by atoms with Gasteiger partial charge in [-0.1, -0.05) is 0 Å². The maximum atomic E-state index is 11.6. The third-order valence-electron chi connectivity index (χ3n) is 2.41. The molecule has 5 nitrogen and oxygen atoms in total. The highest BCUT2D eigenvalue weighted by Crippen LogP contribution is 2.07. The Morgan fingerprint density at radius 3 is 2.33 bits per heavy atom. The summed E-state index contributed by atoms with van der Waals surface area (Å²) in [7, 11) is 0. The van der Waals surface area contributed by atoms with Crippen LogP contribution in [0, 0.1) is 0 Å². The summed E-state index contributed by atoms with van der Waals surface area (Å²) in [4.78, 5) is 11.6. The second-order valence-electron chi connectivity index (χ2n) is 5.37. The van der Waals surface area contributed by atoms with Crippen molar-refractivity contribution in [3.05, 3.63) is 0 Å². The van der Waals surface area contributed by atoms with Gasteiger partial charge in [-0.2, -0.15) is 0 Å². The molecule has 0 spiro atoms. The van der Waals surface area contributed by atoms with Gasteiger partial charge in [-0.25, -0.2) is 4.79 Å². The van der Waals surface area contributed by atoms with E-state index >= 15 is 0 Å². The maximum absolute atomic E-state index is 11.6. The maximum Gasteiger partial charge on any atom is 0.407 e. The molecule has 0 unspecified atom stereocenters. The van der Waals surface area contributed by atoms with Crippen molar-refractivity contribution >= 4 is 6.09 Å². The van der Waals surface area contributed by atoms with Gasteiger partial charge in [0.2, 0.25) is 0 Å². The molecule has 0 aromatic heterocycles. The summed E-state index contributed by atoms with van der Waals surface area (Å²) >= 11 is 0. The molecular formula is C13H28N2O3. The Bertz CT molecular complexity index is 239. The summed E-state index contributed by atoms with van der Waals surface area (Å²) in [5.41, 5.74) is -0.463. The minimum absolute atomic E-state index is 0.00137. The lowest BCUT2D eigenvalue weighted by molar-refractivity contribution is 0.0498. The minimum Gasteiger partial charge on any atom is -0.444 e. The number of nitrogens with one attached hydrogen (secondary N) is 2. The van der Waals surface area contributed by atoms with Gasteiger partial charge in [-0.15, -0.1) is 0 Å². The molecule has 0 aromatic rings. The van der Waals surface area contributed by atoms with Gasteiger partial charge < -0.3 is 20.1 Å². The van der Waals surface area contributed by atoms with Gasteiger partial charge in [0.15, 0.2) is 0 Å². The average Bonchev–Trinajstić information content (AvgIpc) is 2.21. The van der Waals surface area contributed by atoms with Crippen molar-refractivity contribution in [3.63, 3.8) is 0 Å². The molecule has 18 heavy (non-hydrogen) atoms. The lowest BCUT2D eigenvalue weighted by atomic mass is 10.1. The van der Waals surface area contributed by atoms with Crippen LogP contribution in [-0.2, 0) is 9.47 Å². The van der Waals surface area contributed by atoms with Gasteiger partial charge >= 0.3 is 6.09 Å². The molecule has 5 heteroatoms. The summed E-state index contributed by atoms with van der Waals surface area (Å²) in [5.74, 6) is 0. The quantitative estimate of drug-likeness (QED) is 0.687. The number of alkyl carbamates (subject to hydrolysis) is 1. The van der Waals surface area contributed by atoms with Crippen LogP contribution in [0.5, 0.6) is 0 Å². The first-order valence-electron chi connectivity index (χ1n) is 6.57. The first-order valence-corrected chi connectivity index (χ1v) is 6.57. The second-order valence-corrected chi connectivity index (χ2v) is 5.37. The molecular weight excluding hydrogens is 232 g/mol. The Balaban J connectivity index is 3.85. The molecule has 0 heterocycles. The molecule has 1 amide bonds. The van der Waals surface area contributed by atoms with E-state index < -0.39 is 5.60 Å². The number of ether oxygens (including phenoxy) is 2. The fraction of sp³-hybridized carbons (Fsp3) is 0.923. The fourth-order valence-corrected chi connectivity index (χ4v) is 1.30. The van der Waals surface area contributed by atoms with Crippen LogP contribution in [-0.4, -0.2) is 43.5 Å². The summed E-state index contributed by atoms with van der Waals surface area (Å²) in [6.45, 7) is 13.7. The topological polar surface area (TPSA) is 59.6 Å². The van der Waals surface area contributed by atoms with Crippen LogP contribution in [0.15, 0.2) is 0 Å². The fourth-order valence-electron chi connectivity index (χ4n) is 1.30. The van der Waals surface area contributed by atoms with Gasteiger partial charge in [-0.05, 0) is 41.5 Å². The molecule has 0 saturated heterocycles. The van der Waals surface area contributed by atoms with E-state index in [1.165, 1.54) is 0 Å². The molecule has 0 rings (SSSR count). The molecule has 0 aliphatic heterocycles. The summed E-state index contributed by atoms with van der Waals surface area (Å²) in [5, 5.41) is 6.10. The second kappa shape index (κ2) is 8.32. The number of rotatable bonds is 7. The number of carbonyl (C=O) groups is 1. The normalized spacial score (nSPS) is 15.0. The third-order valence-corrected chi connectivity index (χ3v) is 2.41. The predicted octanol–water partition coefficient (Wildman–Crippen LogP) is 1.91. The molecule has 2 N–H and O–H groups in total. The molecule has 0 radical (unpaired) electrons. The van der Waals surface area contributed by atoms with Crippen molar-refractivity contribution in [1.29, 1.82) is 0 Å². The lowest BCUT2D eigenvalue weighted by Gasteiger charge is -2.25. The van der Waals surface area contributed by atoms with E-state index in [-0.39, 0.29) is 18.2 Å². The first kappa shape index (κ1) is 17.2. The molecule has 0 fully saturated rings. The van der Waals surface area contributed by atoms with Crippen LogP contribution in [0.1, 0.15) is 41.5 Å². The lowest BCUT2D eigenvalue weighted by Crippen LogP contribution is -2.48. The first-order chi connectivity index (χ1) is 8.26. The van der Waals surface area contributed by atoms with Crippen LogP contribution in [0.2, 0.25) is 0 Å². The molecule has 0 bridgehead atoms. The van der Waals surface area contributed by atoms with Crippen LogP contribution in [0.3, 0.4) is 0 Å². The highest BCUT2D eigenvalue weighted by Gasteiger charge is 2.19. The van der Waals surface area contributed by atoms with Gasteiger partial charge in [0.1, 0.15) is 5.60 Å². The summed E-state index contributed by atoms with van der Waals surface area (Å²) in [6, 6.07) is 0.166. The molecule has 0 saturated carbocycles. The summed E-state index contributed by atoms with van der Waals surface area (Å²) < 4.78 is 10.4. The van der Waals surface area contributed by atoms with E-state index in [1.807, 2.05) is 41.5 Å². The third kappa shape index (κ3) is 9.24. The van der Waals surface area contributed by atoms with Crippen molar-refractivity contribution in [2.75, 3.05) is 19.8 Å². The SMILES string of the molecule is CCOCCN[C@H](C)[C@H](C)NC(=O)OC(C)(C)C. The highest BCUT2D eigenvalue weighted by molar-refractivity contribution is 5.68. The minimum atomic E-state index is -0.463. The van der Waals surface area contributed by atoms with Crippen molar-refractivity contribution in [3.8, 4) is 0 Å². The van der Waals surface area contributed by atoms with E-state index in [0.29, 0.717) is 6.61 Å². The zero-order chi connectivity index (χ0) is 14.2. The molecule has 0 aliphatic rings. The largest absolute Gasteiger partial charge is 0.444 e. The van der Waals surface area contributed by atoms with E-state index in [9.17, 15) is 4.79 Å². The Kier molecular flexibility index (Phi) is 7.95. The van der Waals surface area contributed by atoms with Crippen molar-refractivity contribution in [2.45, 2.75) is 59.2 Å². The van der Waals surface area contributed by atoms with Crippen LogP contribution < -0.4 is 10.6 Å². The van der Waals surface area contributed by atoms with E-state index in [4.69, 9.17) is 9.47 Å². The van der Waals surface area contributed by atoms with Crippen molar-refractivity contribution in [2.24, 2.45) is 0 Å². The van der Waals surface area contributed by atoms with Crippen LogP contribution in [0.4, 0.5) is 4.79 Å². The summed E-state index contributed by atoms with van der Waals surface area (Å²) in [6.07, 6.45) is -0.381. The van der Waals surface area contributed by atoms with Gasteiger partial charge in [0.05, 0.1) is 6.61 Å². The smallest absolute Gasteiger partial charge is 0.407 e. The van der Waals surface area contributed by atoms with E-state index in [1.54, 1.807) is 0 Å². The van der Waals surface area contributed by atoms with Gasteiger partial charge in [0.25, 0.3) is 0 Å². The number of hydrogen-bond acceptors (Lipinski definition) is 4. The molecule has 108 valence electrons. The van der Waals surface area contributed by atoms with Gasteiger partial charge in [-0.3, -0.25) is 0 Å². The Labute approximate surface area is 111 Å².